The van der Waals surface area contributed by atoms with Crippen LogP contribution in [0.25, 0.3) is 0 Å². The van der Waals surface area contributed by atoms with Gasteiger partial charge in [-0.25, -0.2) is 4.79 Å². The van der Waals surface area contributed by atoms with Gasteiger partial charge >= 0.3 is 12.1 Å². The van der Waals surface area contributed by atoms with Crippen LogP contribution in [0.1, 0.15) is 62.5 Å². The van der Waals surface area contributed by atoms with Gasteiger partial charge in [0.2, 0.25) is 0 Å². The summed E-state index contributed by atoms with van der Waals surface area (Å²) in [5.41, 5.74) is 5.06. The van der Waals surface area contributed by atoms with Gasteiger partial charge in [0.05, 0.1) is 11.3 Å². The second-order valence-corrected chi connectivity index (χ2v) is 8.99. The minimum absolute atomic E-state index is 0.0132. The highest BCUT2D eigenvalue weighted by atomic mass is 19.4. The summed E-state index contributed by atoms with van der Waals surface area (Å²) in [7, 11) is 0. The van der Waals surface area contributed by atoms with Crippen LogP contribution >= 0.6 is 0 Å². The van der Waals surface area contributed by atoms with E-state index in [1.807, 2.05) is 13.8 Å². The number of ether oxygens (including phenoxy) is 1. The van der Waals surface area contributed by atoms with Crippen molar-refractivity contribution < 1.29 is 27.8 Å². The zero-order chi connectivity index (χ0) is 22.2. The Hall–Kier alpha value is -2.70. The van der Waals surface area contributed by atoms with Crippen molar-refractivity contribution in [2.45, 2.75) is 52.6 Å². The fraction of sp³-hybridized carbons (Fsp3) is 0.409. The van der Waals surface area contributed by atoms with Crippen molar-refractivity contribution in [3.8, 4) is 11.5 Å². The van der Waals surface area contributed by atoms with E-state index in [0.29, 0.717) is 0 Å². The predicted molar refractivity (Wildman–Crippen MR) is 106 cm³/mol. The third kappa shape index (κ3) is 5.65. The molecule has 29 heavy (non-hydrogen) atoms. The molecular weight excluding hydrogens is 383 g/mol. The molecule has 0 fully saturated rings. The third-order valence-electron chi connectivity index (χ3n) is 4.52. The predicted octanol–water partition coefficient (Wildman–Crippen LogP) is 6.49. The molecule has 0 unspecified atom stereocenters. The quantitative estimate of drug-likeness (QED) is 0.554. The highest BCUT2D eigenvalue weighted by Crippen LogP contribution is 2.40. The van der Waals surface area contributed by atoms with Crippen LogP contribution in [0.3, 0.4) is 0 Å². The number of anilines is 1. The fourth-order valence-corrected chi connectivity index (χ4v) is 3.57. The topological polar surface area (TPSA) is 72.5 Å². The monoisotopic (exact) mass is 409 g/mol. The first-order valence-electron chi connectivity index (χ1n) is 9.12. The molecule has 3 N–H and O–H groups in total. The Bertz CT molecular complexity index is 912. The van der Waals surface area contributed by atoms with Gasteiger partial charge in [-0.1, -0.05) is 40.7 Å². The largest absolute Gasteiger partial charge is 0.478 e. The maximum absolute atomic E-state index is 12.8. The minimum atomic E-state index is -4.53. The van der Waals surface area contributed by atoms with E-state index in [-0.39, 0.29) is 33.6 Å². The van der Waals surface area contributed by atoms with Gasteiger partial charge in [0.1, 0.15) is 17.1 Å². The van der Waals surface area contributed by atoms with Gasteiger partial charge in [0.25, 0.3) is 0 Å². The number of alkyl halides is 3. The number of carboxylic acid groups (broad SMARTS) is 1. The van der Waals surface area contributed by atoms with Crippen LogP contribution in [-0.2, 0) is 11.6 Å². The van der Waals surface area contributed by atoms with Gasteiger partial charge in [-0.2, -0.15) is 13.2 Å². The average Bonchev–Trinajstić information content (AvgIpc) is 2.53. The average molecular weight is 409 g/mol. The minimum Gasteiger partial charge on any atom is -0.478 e. The maximum atomic E-state index is 12.8. The van der Waals surface area contributed by atoms with Crippen molar-refractivity contribution >= 4 is 11.7 Å². The van der Waals surface area contributed by atoms with E-state index < -0.39 is 17.7 Å². The molecule has 7 heteroatoms. The second-order valence-electron chi connectivity index (χ2n) is 8.99. The van der Waals surface area contributed by atoms with Gasteiger partial charge in [-0.15, -0.1) is 0 Å². The zero-order valence-corrected chi connectivity index (χ0v) is 17.1. The van der Waals surface area contributed by atoms with Crippen molar-refractivity contribution in [3.05, 3.63) is 53.1 Å². The Morgan fingerprint density at radius 3 is 2.00 bits per heavy atom. The SMILES string of the molecule is CC(C)(C)CC(C)(C)c1ccc(Oc2ccc(C(F)(F)F)cc2N)c(C(=O)O)c1. The molecular formula is C22H26F3NO3. The Kier molecular flexibility index (Phi) is 5.93. The van der Waals surface area contributed by atoms with Gasteiger partial charge in [-0.05, 0) is 53.1 Å². The van der Waals surface area contributed by atoms with E-state index >= 15 is 0 Å². The van der Waals surface area contributed by atoms with Crippen molar-refractivity contribution in [2.24, 2.45) is 5.41 Å². The molecule has 0 atom stereocenters. The van der Waals surface area contributed by atoms with Crippen molar-refractivity contribution in [1.29, 1.82) is 0 Å². The molecule has 2 aromatic carbocycles. The van der Waals surface area contributed by atoms with Gasteiger partial charge < -0.3 is 15.6 Å². The van der Waals surface area contributed by atoms with Crippen LogP contribution in [0.15, 0.2) is 36.4 Å². The summed E-state index contributed by atoms with van der Waals surface area (Å²) in [6.45, 7) is 10.4. The number of hydrogen-bond donors (Lipinski definition) is 2. The number of rotatable bonds is 5. The van der Waals surface area contributed by atoms with E-state index in [1.54, 1.807) is 12.1 Å². The molecule has 0 aromatic heterocycles. The molecule has 0 spiro atoms. The van der Waals surface area contributed by atoms with Crippen LogP contribution in [0, 0.1) is 5.41 Å². The maximum Gasteiger partial charge on any atom is 0.416 e. The zero-order valence-electron chi connectivity index (χ0n) is 17.1. The van der Waals surface area contributed by atoms with Crippen LogP contribution < -0.4 is 10.5 Å². The Balaban J connectivity index is 2.41. The van der Waals surface area contributed by atoms with E-state index in [2.05, 4.69) is 20.8 Å². The summed E-state index contributed by atoms with van der Waals surface area (Å²) in [4.78, 5) is 11.8. The Morgan fingerprint density at radius 2 is 1.52 bits per heavy atom. The standard InChI is InChI=1S/C22H26F3NO3/c1-20(2,3)12-21(4,5)13-6-8-17(15(10-13)19(27)28)29-18-9-7-14(11-16(18)26)22(23,24)25/h6-11H,12,26H2,1-5H3,(H,27,28). The van der Waals surface area contributed by atoms with Crippen LogP contribution in [-0.4, -0.2) is 11.1 Å². The van der Waals surface area contributed by atoms with E-state index in [4.69, 9.17) is 10.5 Å². The summed E-state index contributed by atoms with van der Waals surface area (Å²) in [6.07, 6.45) is -3.70. The summed E-state index contributed by atoms with van der Waals surface area (Å²) in [5, 5.41) is 9.63. The lowest BCUT2D eigenvalue weighted by Gasteiger charge is -2.33. The van der Waals surface area contributed by atoms with Gasteiger partial charge in [0, 0.05) is 0 Å². The van der Waals surface area contributed by atoms with E-state index in [0.717, 1.165) is 30.2 Å². The number of halogens is 3. The third-order valence-corrected chi connectivity index (χ3v) is 4.52. The highest BCUT2D eigenvalue weighted by molar-refractivity contribution is 5.91. The molecule has 0 radical (unpaired) electrons. The van der Waals surface area contributed by atoms with Crippen LogP contribution in [0.4, 0.5) is 18.9 Å². The van der Waals surface area contributed by atoms with E-state index in [9.17, 15) is 23.1 Å². The normalized spacial score (nSPS) is 12.7. The molecule has 0 bridgehead atoms. The molecule has 2 aromatic rings. The first-order chi connectivity index (χ1) is 13.1. The molecule has 0 aliphatic heterocycles. The lowest BCUT2D eigenvalue weighted by atomic mass is 9.72. The Morgan fingerprint density at radius 1 is 0.966 bits per heavy atom. The Labute approximate surface area is 168 Å². The number of carbonyl (C=O) groups is 1. The molecule has 0 aliphatic rings. The molecule has 0 amide bonds. The lowest BCUT2D eigenvalue weighted by Crippen LogP contribution is -2.25. The van der Waals surface area contributed by atoms with Crippen molar-refractivity contribution in [3.63, 3.8) is 0 Å². The van der Waals surface area contributed by atoms with Crippen LogP contribution in [0.2, 0.25) is 0 Å². The molecule has 0 saturated carbocycles. The fourth-order valence-electron chi connectivity index (χ4n) is 3.57. The summed E-state index contributed by atoms with van der Waals surface area (Å²) < 4.78 is 44.0. The molecule has 158 valence electrons. The lowest BCUT2D eigenvalue weighted by molar-refractivity contribution is -0.137. The number of carboxylic acids is 1. The molecule has 0 saturated heterocycles. The van der Waals surface area contributed by atoms with E-state index in [1.165, 1.54) is 6.07 Å². The summed E-state index contributed by atoms with van der Waals surface area (Å²) >= 11 is 0. The summed E-state index contributed by atoms with van der Waals surface area (Å²) in [6, 6.07) is 7.52. The second kappa shape index (κ2) is 7.61. The highest BCUT2D eigenvalue weighted by Gasteiger charge is 2.31. The number of benzene rings is 2. The first kappa shape index (κ1) is 22.6. The molecule has 0 heterocycles. The molecule has 2 rings (SSSR count). The van der Waals surface area contributed by atoms with Crippen molar-refractivity contribution in [1.82, 2.24) is 0 Å². The number of nitrogen functional groups attached to an aromatic ring is 1. The van der Waals surface area contributed by atoms with Gasteiger partial charge in [0.15, 0.2) is 0 Å². The number of hydrogen-bond acceptors (Lipinski definition) is 3. The first-order valence-corrected chi connectivity index (χ1v) is 9.12. The number of nitrogens with two attached hydrogens (primary N) is 1. The molecule has 0 aliphatic carbocycles. The number of aromatic carboxylic acids is 1. The van der Waals surface area contributed by atoms with Crippen LogP contribution in [0.5, 0.6) is 11.5 Å². The molecule has 4 nitrogen and oxygen atoms in total. The van der Waals surface area contributed by atoms with Crippen molar-refractivity contribution in [2.75, 3.05) is 5.73 Å². The smallest absolute Gasteiger partial charge is 0.416 e. The van der Waals surface area contributed by atoms with Gasteiger partial charge in [-0.3, -0.25) is 0 Å². The summed E-state index contributed by atoms with van der Waals surface area (Å²) in [5.74, 6) is -1.22.